The number of epoxide rings is 1. The number of ether oxygens (including phenoxy) is 1. The first-order valence-corrected chi connectivity index (χ1v) is 9.03. The maximum atomic E-state index is 12.8. The maximum Gasteiger partial charge on any atom is 0.161 e. The number of hydrogen-bond donors (Lipinski definition) is 1. The predicted molar refractivity (Wildman–Crippen MR) is 92.5 cm³/mol. The van der Waals surface area contributed by atoms with Crippen LogP contribution in [0.3, 0.4) is 0 Å². The third-order valence-corrected chi connectivity index (χ3v) is 6.62. The van der Waals surface area contributed by atoms with Crippen LogP contribution >= 0.6 is 0 Å². The first-order chi connectivity index (χ1) is 11.1. The lowest BCUT2D eigenvalue weighted by molar-refractivity contribution is -0.297. The number of allylic oxidation sites excluding steroid dienone is 2. The topological polar surface area (TPSA) is 59.1 Å². The predicted octanol–water partition coefficient (Wildman–Crippen LogP) is 4.31. The van der Waals surface area contributed by atoms with Crippen molar-refractivity contribution in [3.63, 3.8) is 0 Å². The molecule has 0 radical (unpaired) electrons. The average Bonchev–Trinajstić information content (AvgIpc) is 3.16. The van der Waals surface area contributed by atoms with Gasteiger partial charge in [-0.1, -0.05) is 19.1 Å². The summed E-state index contributed by atoms with van der Waals surface area (Å²) >= 11 is 0. The fourth-order valence-corrected chi connectivity index (χ4v) is 4.58. The van der Waals surface area contributed by atoms with Gasteiger partial charge in [0, 0.05) is 5.41 Å². The van der Waals surface area contributed by atoms with Gasteiger partial charge in [0.05, 0.1) is 11.7 Å². The van der Waals surface area contributed by atoms with Gasteiger partial charge in [0.25, 0.3) is 0 Å². The van der Waals surface area contributed by atoms with E-state index in [1.54, 1.807) is 26.0 Å². The molecule has 3 fully saturated rings. The molecule has 0 spiro atoms. The SMILES string of the molecule is C=C1CC[C@H]2O[C@]2(C)CC[C@H]2[C@H]1C[C@]2(C)C(=O)/C=C/C(C)(C)OO. The van der Waals surface area contributed by atoms with Gasteiger partial charge in [0.15, 0.2) is 5.78 Å². The second-order valence-corrected chi connectivity index (χ2v) is 8.88. The molecule has 4 nitrogen and oxygen atoms in total. The third-order valence-electron chi connectivity index (χ3n) is 6.62. The van der Waals surface area contributed by atoms with Gasteiger partial charge in [-0.05, 0) is 76.9 Å². The molecule has 2 aliphatic carbocycles. The van der Waals surface area contributed by atoms with Gasteiger partial charge in [0.2, 0.25) is 0 Å². The van der Waals surface area contributed by atoms with Gasteiger partial charge in [-0.15, -0.1) is 0 Å². The summed E-state index contributed by atoms with van der Waals surface area (Å²) in [6, 6.07) is 0. The van der Waals surface area contributed by atoms with Crippen molar-refractivity contribution in [3.8, 4) is 0 Å². The van der Waals surface area contributed by atoms with Gasteiger partial charge in [-0.3, -0.25) is 10.1 Å². The van der Waals surface area contributed by atoms with Crippen molar-refractivity contribution < 1.29 is 19.7 Å². The summed E-state index contributed by atoms with van der Waals surface area (Å²) in [6.07, 6.45) is 8.56. The van der Waals surface area contributed by atoms with Crippen molar-refractivity contribution in [2.75, 3.05) is 0 Å². The maximum absolute atomic E-state index is 12.8. The highest BCUT2D eigenvalue weighted by Crippen LogP contribution is 2.60. The van der Waals surface area contributed by atoms with Crippen molar-refractivity contribution in [3.05, 3.63) is 24.3 Å². The minimum absolute atomic E-state index is 0.0112. The monoisotopic (exact) mass is 334 g/mol. The van der Waals surface area contributed by atoms with Crippen molar-refractivity contribution >= 4 is 5.78 Å². The Hall–Kier alpha value is -0.970. The third kappa shape index (κ3) is 3.00. The van der Waals surface area contributed by atoms with Crippen molar-refractivity contribution in [1.29, 1.82) is 0 Å². The second-order valence-electron chi connectivity index (χ2n) is 8.88. The molecule has 0 aromatic carbocycles. The normalized spacial score (nSPS) is 42.4. The number of fused-ring (bicyclic) bond motifs is 2. The van der Waals surface area contributed by atoms with Crippen LogP contribution in [-0.2, 0) is 14.4 Å². The van der Waals surface area contributed by atoms with Crippen LogP contribution < -0.4 is 0 Å². The lowest BCUT2D eigenvalue weighted by atomic mass is 9.49. The molecule has 0 amide bonds. The van der Waals surface area contributed by atoms with Crippen LogP contribution in [-0.4, -0.2) is 28.3 Å². The fraction of sp³-hybridized carbons (Fsp3) is 0.750. The summed E-state index contributed by atoms with van der Waals surface area (Å²) in [7, 11) is 0. The number of ketones is 1. The molecule has 5 atom stereocenters. The Morgan fingerprint density at radius 1 is 1.42 bits per heavy atom. The van der Waals surface area contributed by atoms with Gasteiger partial charge in [-0.25, -0.2) is 4.89 Å². The van der Waals surface area contributed by atoms with Gasteiger partial charge in [-0.2, -0.15) is 0 Å². The minimum atomic E-state index is -0.847. The second kappa shape index (κ2) is 5.79. The Morgan fingerprint density at radius 2 is 2.12 bits per heavy atom. The van der Waals surface area contributed by atoms with Crippen LogP contribution in [0.4, 0.5) is 0 Å². The van der Waals surface area contributed by atoms with E-state index in [1.807, 2.05) is 0 Å². The highest BCUT2D eigenvalue weighted by atomic mass is 17.1. The van der Waals surface area contributed by atoms with E-state index in [0.29, 0.717) is 17.9 Å². The Bertz CT molecular complexity index is 578. The molecular weight excluding hydrogens is 304 g/mol. The van der Waals surface area contributed by atoms with E-state index in [4.69, 9.17) is 9.99 Å². The lowest BCUT2D eigenvalue weighted by Gasteiger charge is -2.53. The number of carbonyl (C=O) groups is 1. The van der Waals surface area contributed by atoms with E-state index in [9.17, 15) is 4.79 Å². The molecule has 0 bridgehead atoms. The Labute approximate surface area is 144 Å². The first kappa shape index (κ1) is 17.8. The molecule has 4 heteroatoms. The van der Waals surface area contributed by atoms with Crippen LogP contribution in [0, 0.1) is 17.3 Å². The molecule has 3 rings (SSSR count). The molecule has 1 heterocycles. The molecule has 2 saturated carbocycles. The minimum Gasteiger partial charge on any atom is -0.366 e. The Morgan fingerprint density at radius 3 is 2.79 bits per heavy atom. The van der Waals surface area contributed by atoms with E-state index in [-0.39, 0.29) is 16.8 Å². The molecule has 0 aromatic rings. The van der Waals surface area contributed by atoms with Crippen LogP contribution in [0.5, 0.6) is 0 Å². The summed E-state index contributed by atoms with van der Waals surface area (Å²) in [6.45, 7) is 12.0. The molecule has 0 aromatic heterocycles. The van der Waals surface area contributed by atoms with Gasteiger partial charge in [0.1, 0.15) is 5.60 Å². The highest BCUT2D eigenvalue weighted by Gasteiger charge is 2.58. The Balaban J connectivity index is 1.74. The van der Waals surface area contributed by atoms with Gasteiger partial charge >= 0.3 is 0 Å². The summed E-state index contributed by atoms with van der Waals surface area (Å²) in [4.78, 5) is 17.2. The number of hydrogen-bond acceptors (Lipinski definition) is 4. The van der Waals surface area contributed by atoms with Gasteiger partial charge < -0.3 is 4.74 Å². The zero-order valence-corrected chi connectivity index (χ0v) is 15.3. The first-order valence-electron chi connectivity index (χ1n) is 9.03. The molecule has 134 valence electrons. The molecule has 3 aliphatic rings. The fourth-order valence-electron chi connectivity index (χ4n) is 4.58. The molecule has 1 saturated heterocycles. The van der Waals surface area contributed by atoms with Crippen LogP contribution in [0.1, 0.15) is 59.8 Å². The van der Waals surface area contributed by atoms with Crippen molar-refractivity contribution in [1.82, 2.24) is 0 Å². The summed E-state index contributed by atoms with van der Waals surface area (Å²) in [5.74, 6) is 0.912. The van der Waals surface area contributed by atoms with E-state index >= 15 is 0 Å². The van der Waals surface area contributed by atoms with Crippen LogP contribution in [0.2, 0.25) is 0 Å². The molecular formula is C20H30O4. The molecule has 1 N–H and O–H groups in total. The Kier molecular flexibility index (Phi) is 4.30. The van der Waals surface area contributed by atoms with E-state index in [0.717, 1.165) is 32.1 Å². The summed E-state index contributed by atoms with van der Waals surface area (Å²) < 4.78 is 5.89. The summed E-state index contributed by atoms with van der Waals surface area (Å²) in [5, 5.41) is 8.88. The van der Waals surface area contributed by atoms with E-state index in [2.05, 4.69) is 25.3 Å². The number of carbonyl (C=O) groups excluding carboxylic acids is 1. The average molecular weight is 334 g/mol. The zero-order valence-electron chi connectivity index (χ0n) is 15.3. The largest absolute Gasteiger partial charge is 0.366 e. The zero-order chi connectivity index (χ0) is 17.8. The smallest absolute Gasteiger partial charge is 0.161 e. The van der Waals surface area contributed by atoms with E-state index < -0.39 is 5.60 Å². The quantitative estimate of drug-likeness (QED) is 0.274. The molecule has 1 aliphatic heterocycles. The standard InChI is InChI=1S/C20H30O4/c1-13-6-7-17-20(5,23-17)11-8-15-14(13)12-19(15,4)16(21)9-10-18(2,3)24-22/h9-10,14-15,17,22H,1,6-8,11-12H2,2-5H3/b10-9+/t14-,15-,17+,19-,20+/m0/s1. The lowest BCUT2D eigenvalue weighted by Crippen LogP contribution is -2.51. The van der Waals surface area contributed by atoms with Crippen LogP contribution in [0.15, 0.2) is 24.3 Å². The molecule has 24 heavy (non-hydrogen) atoms. The summed E-state index contributed by atoms with van der Waals surface area (Å²) in [5.41, 5.74) is 0.102. The van der Waals surface area contributed by atoms with E-state index in [1.165, 1.54) is 5.57 Å². The molecule has 0 unspecified atom stereocenters. The van der Waals surface area contributed by atoms with Crippen LogP contribution in [0.25, 0.3) is 0 Å². The van der Waals surface area contributed by atoms with Crippen molar-refractivity contribution in [2.45, 2.75) is 77.1 Å². The highest BCUT2D eigenvalue weighted by molar-refractivity contribution is 5.95. The van der Waals surface area contributed by atoms with Crippen molar-refractivity contribution in [2.24, 2.45) is 17.3 Å². The number of rotatable bonds is 4.